The zero-order valence-corrected chi connectivity index (χ0v) is 25.6. The summed E-state index contributed by atoms with van der Waals surface area (Å²) in [6.07, 6.45) is 3.58. The SMILES string of the molecule is c1ccc2cc(-c3ccc(-c4nc(-c5ccc6c(c5)oc5ccncc56)nc(-n5c6ccccc6c6ccccc65)n4)cc3)ccc2c1. The smallest absolute Gasteiger partial charge is 0.238 e. The van der Waals surface area contributed by atoms with Gasteiger partial charge in [0.1, 0.15) is 11.2 Å². The molecule has 0 amide bonds. The minimum absolute atomic E-state index is 0.555. The fourth-order valence-electron chi connectivity index (χ4n) is 6.80. The largest absolute Gasteiger partial charge is 0.456 e. The second-order valence-corrected chi connectivity index (χ2v) is 12.0. The van der Waals surface area contributed by atoms with E-state index in [1.807, 2.05) is 24.4 Å². The van der Waals surface area contributed by atoms with Crippen LogP contribution in [0.4, 0.5) is 0 Å². The number of rotatable bonds is 4. The molecule has 6 aromatic carbocycles. The van der Waals surface area contributed by atoms with E-state index in [1.165, 1.54) is 10.8 Å². The molecule has 48 heavy (non-hydrogen) atoms. The summed E-state index contributed by atoms with van der Waals surface area (Å²) in [6.45, 7) is 0. The van der Waals surface area contributed by atoms with Crippen LogP contribution in [0.2, 0.25) is 0 Å². The first-order valence-electron chi connectivity index (χ1n) is 15.9. The zero-order valence-electron chi connectivity index (χ0n) is 25.6. The fraction of sp³-hybridized carbons (Fsp3) is 0. The molecule has 4 heterocycles. The molecule has 0 spiro atoms. The van der Waals surface area contributed by atoms with Crippen molar-refractivity contribution >= 4 is 54.5 Å². The van der Waals surface area contributed by atoms with Gasteiger partial charge in [0.05, 0.1) is 11.0 Å². The lowest BCUT2D eigenvalue weighted by molar-refractivity contribution is 0.668. The molecule has 4 aromatic heterocycles. The molecule has 0 aliphatic heterocycles. The summed E-state index contributed by atoms with van der Waals surface area (Å²) in [7, 11) is 0. The summed E-state index contributed by atoms with van der Waals surface area (Å²) >= 11 is 0. The molecule has 10 aromatic rings. The van der Waals surface area contributed by atoms with E-state index in [2.05, 4.69) is 131 Å². The van der Waals surface area contributed by atoms with E-state index in [9.17, 15) is 0 Å². The number of nitrogens with zero attached hydrogens (tertiary/aromatic N) is 5. The highest BCUT2D eigenvalue weighted by Gasteiger charge is 2.18. The number of para-hydroxylation sites is 2. The third-order valence-corrected chi connectivity index (χ3v) is 9.16. The molecule has 0 saturated carbocycles. The molecule has 0 bridgehead atoms. The first-order valence-corrected chi connectivity index (χ1v) is 15.9. The van der Waals surface area contributed by atoms with E-state index in [4.69, 9.17) is 19.4 Å². The number of hydrogen-bond acceptors (Lipinski definition) is 5. The molecule has 6 heteroatoms. The quantitative estimate of drug-likeness (QED) is 0.197. The molecule has 0 unspecified atom stereocenters. The van der Waals surface area contributed by atoms with Gasteiger partial charge in [-0.05, 0) is 58.3 Å². The van der Waals surface area contributed by atoms with Gasteiger partial charge in [-0.3, -0.25) is 9.55 Å². The summed E-state index contributed by atoms with van der Waals surface area (Å²) in [5, 5.41) is 6.72. The van der Waals surface area contributed by atoms with Gasteiger partial charge in [0.2, 0.25) is 5.95 Å². The zero-order chi connectivity index (χ0) is 31.6. The summed E-state index contributed by atoms with van der Waals surface area (Å²) in [5.41, 5.74) is 7.67. The van der Waals surface area contributed by atoms with Crippen LogP contribution in [0.25, 0.3) is 94.4 Å². The number of fused-ring (bicyclic) bond motifs is 7. The standard InChI is InChI=1S/C42H25N5O/c1-2-8-29-23-30(18-15-26(29)7-1)27-13-16-28(17-14-27)40-44-41(31-19-20-34-35-25-43-22-21-38(35)48-39(34)24-31)46-42(45-40)47-36-11-5-3-9-32(36)33-10-4-6-12-37(33)47/h1-25H. The van der Waals surface area contributed by atoms with Crippen LogP contribution in [-0.4, -0.2) is 24.5 Å². The van der Waals surface area contributed by atoms with Gasteiger partial charge in [-0.2, -0.15) is 9.97 Å². The van der Waals surface area contributed by atoms with E-state index < -0.39 is 0 Å². The molecule has 0 saturated heterocycles. The van der Waals surface area contributed by atoms with Crippen molar-refractivity contribution in [3.8, 4) is 39.9 Å². The molecule has 0 N–H and O–H groups in total. The van der Waals surface area contributed by atoms with Crippen molar-refractivity contribution in [2.24, 2.45) is 0 Å². The molecule has 6 nitrogen and oxygen atoms in total. The van der Waals surface area contributed by atoms with E-state index in [-0.39, 0.29) is 0 Å². The van der Waals surface area contributed by atoms with Crippen LogP contribution in [0.1, 0.15) is 0 Å². The minimum atomic E-state index is 0.555. The third-order valence-electron chi connectivity index (χ3n) is 9.16. The highest BCUT2D eigenvalue weighted by atomic mass is 16.3. The van der Waals surface area contributed by atoms with Crippen LogP contribution in [0.3, 0.4) is 0 Å². The van der Waals surface area contributed by atoms with Crippen molar-refractivity contribution in [1.29, 1.82) is 0 Å². The van der Waals surface area contributed by atoms with E-state index in [0.717, 1.165) is 66.0 Å². The maximum absolute atomic E-state index is 6.21. The number of aromatic nitrogens is 5. The molecule has 0 aliphatic carbocycles. The van der Waals surface area contributed by atoms with Gasteiger partial charge in [-0.25, -0.2) is 4.98 Å². The van der Waals surface area contributed by atoms with E-state index in [1.54, 1.807) is 6.20 Å². The number of pyridine rings is 1. The molecule has 0 fully saturated rings. The van der Waals surface area contributed by atoms with Crippen molar-refractivity contribution in [1.82, 2.24) is 24.5 Å². The van der Waals surface area contributed by atoms with Gasteiger partial charge in [0, 0.05) is 45.1 Å². The molecule has 0 aliphatic rings. The lowest BCUT2D eigenvalue weighted by Crippen LogP contribution is -2.06. The summed E-state index contributed by atoms with van der Waals surface area (Å²) in [4.78, 5) is 19.6. The Balaban J connectivity index is 1.16. The molecular weight excluding hydrogens is 590 g/mol. The highest BCUT2D eigenvalue weighted by Crippen LogP contribution is 2.35. The van der Waals surface area contributed by atoms with Crippen LogP contribution >= 0.6 is 0 Å². The van der Waals surface area contributed by atoms with Crippen LogP contribution in [0.5, 0.6) is 0 Å². The average molecular weight is 616 g/mol. The summed E-state index contributed by atoms with van der Waals surface area (Å²) < 4.78 is 8.35. The van der Waals surface area contributed by atoms with Crippen molar-refractivity contribution in [3.63, 3.8) is 0 Å². The van der Waals surface area contributed by atoms with Gasteiger partial charge < -0.3 is 4.42 Å². The lowest BCUT2D eigenvalue weighted by atomic mass is 10.0. The maximum Gasteiger partial charge on any atom is 0.238 e. The summed E-state index contributed by atoms with van der Waals surface area (Å²) in [5.74, 6) is 1.71. The Kier molecular flexibility index (Phi) is 5.77. The number of benzene rings is 6. The molecule has 224 valence electrons. The Hall–Kier alpha value is -6.66. The van der Waals surface area contributed by atoms with E-state index >= 15 is 0 Å². The normalized spacial score (nSPS) is 11.8. The van der Waals surface area contributed by atoms with Crippen LogP contribution in [0.15, 0.2) is 156 Å². The predicted molar refractivity (Wildman–Crippen MR) is 193 cm³/mol. The molecular formula is C42H25N5O. The van der Waals surface area contributed by atoms with Gasteiger partial charge in [0.15, 0.2) is 11.6 Å². The Bertz CT molecular complexity index is 2800. The van der Waals surface area contributed by atoms with Gasteiger partial charge in [-0.15, -0.1) is 0 Å². The number of hydrogen-bond donors (Lipinski definition) is 0. The predicted octanol–water partition coefficient (Wildman–Crippen LogP) is 10.4. The first-order chi connectivity index (χ1) is 23.8. The second-order valence-electron chi connectivity index (χ2n) is 12.0. The minimum Gasteiger partial charge on any atom is -0.456 e. The Morgan fingerprint density at radius 1 is 0.438 bits per heavy atom. The molecule has 0 atom stereocenters. The van der Waals surface area contributed by atoms with Crippen molar-refractivity contribution in [3.05, 3.63) is 152 Å². The van der Waals surface area contributed by atoms with Gasteiger partial charge >= 0.3 is 0 Å². The summed E-state index contributed by atoms with van der Waals surface area (Å²) in [6, 6.07) is 48.2. The Morgan fingerprint density at radius 2 is 1.08 bits per heavy atom. The third kappa shape index (κ3) is 4.20. The highest BCUT2D eigenvalue weighted by molar-refractivity contribution is 6.09. The van der Waals surface area contributed by atoms with Crippen LogP contribution < -0.4 is 0 Å². The Labute approximate surface area is 274 Å². The monoisotopic (exact) mass is 615 g/mol. The van der Waals surface area contributed by atoms with Crippen molar-refractivity contribution in [2.75, 3.05) is 0 Å². The van der Waals surface area contributed by atoms with Crippen molar-refractivity contribution in [2.45, 2.75) is 0 Å². The topological polar surface area (TPSA) is 69.6 Å². The maximum atomic E-state index is 6.21. The van der Waals surface area contributed by atoms with Crippen molar-refractivity contribution < 1.29 is 4.42 Å². The van der Waals surface area contributed by atoms with Gasteiger partial charge in [-0.1, -0.05) is 103 Å². The molecule has 10 rings (SSSR count). The fourth-order valence-corrected chi connectivity index (χ4v) is 6.80. The molecule has 0 radical (unpaired) electrons. The van der Waals surface area contributed by atoms with E-state index in [0.29, 0.717) is 17.6 Å². The second kappa shape index (κ2) is 10.4. The van der Waals surface area contributed by atoms with Gasteiger partial charge in [0.25, 0.3) is 0 Å². The first kappa shape index (κ1) is 26.5. The van der Waals surface area contributed by atoms with Crippen LogP contribution in [-0.2, 0) is 0 Å². The van der Waals surface area contributed by atoms with Crippen LogP contribution in [0, 0.1) is 0 Å². The Morgan fingerprint density at radius 3 is 1.88 bits per heavy atom. The number of furan rings is 1. The average Bonchev–Trinajstić information content (AvgIpc) is 3.70. The lowest BCUT2D eigenvalue weighted by Gasteiger charge is -2.11.